The van der Waals surface area contributed by atoms with E-state index in [1.54, 1.807) is 35.9 Å². The van der Waals surface area contributed by atoms with Gasteiger partial charge in [-0.05, 0) is 78.7 Å². The van der Waals surface area contributed by atoms with Gasteiger partial charge >= 0.3 is 0 Å². The summed E-state index contributed by atoms with van der Waals surface area (Å²) in [5.74, 6) is 0.466. The van der Waals surface area contributed by atoms with Gasteiger partial charge in [0.25, 0.3) is 5.91 Å². The first-order valence-electron chi connectivity index (χ1n) is 12.3. The Balaban J connectivity index is 1.50. The lowest BCUT2D eigenvalue weighted by Gasteiger charge is -2.28. The van der Waals surface area contributed by atoms with E-state index in [2.05, 4.69) is 26.2 Å². The van der Waals surface area contributed by atoms with Crippen molar-refractivity contribution in [3.8, 4) is 11.5 Å². The van der Waals surface area contributed by atoms with E-state index in [-0.39, 0.29) is 23.1 Å². The molecule has 2 heterocycles. The predicted octanol–water partition coefficient (Wildman–Crippen LogP) is 5.68. The van der Waals surface area contributed by atoms with Crippen LogP contribution in [0.25, 0.3) is 0 Å². The number of allylic oxidation sites excluding steroid dienone is 1. The Labute approximate surface area is 229 Å². The first-order valence-corrected chi connectivity index (χ1v) is 12.7. The van der Waals surface area contributed by atoms with Crippen LogP contribution in [-0.4, -0.2) is 32.7 Å². The zero-order valence-electron chi connectivity index (χ0n) is 21.5. The smallest absolute Gasteiger partial charge is 0.255 e. The van der Waals surface area contributed by atoms with Gasteiger partial charge in [-0.15, -0.1) is 0 Å². The van der Waals surface area contributed by atoms with E-state index in [1.807, 2.05) is 38.1 Å². The number of anilines is 2. The first-order chi connectivity index (χ1) is 18.9. The van der Waals surface area contributed by atoms with Crippen molar-refractivity contribution in [3.63, 3.8) is 0 Å². The number of rotatable bonds is 8. The summed E-state index contributed by atoms with van der Waals surface area (Å²) in [4.78, 5) is 13.6. The quantitative estimate of drug-likeness (QED) is 0.292. The number of benzene rings is 3. The Kier molecular flexibility index (Phi) is 7.47. The minimum absolute atomic E-state index is 0.0847. The van der Waals surface area contributed by atoms with Crippen LogP contribution < -0.4 is 20.1 Å². The van der Waals surface area contributed by atoms with E-state index in [0.717, 1.165) is 5.56 Å². The van der Waals surface area contributed by atoms with Crippen LogP contribution >= 0.6 is 11.6 Å². The molecule has 0 bridgehead atoms. The lowest BCUT2D eigenvalue weighted by atomic mass is 9.94. The molecule has 1 amide bonds. The summed E-state index contributed by atoms with van der Waals surface area (Å²) in [6, 6.07) is 16.7. The van der Waals surface area contributed by atoms with E-state index in [9.17, 15) is 9.18 Å². The van der Waals surface area contributed by atoms with Crippen LogP contribution in [0.1, 0.15) is 36.6 Å². The molecule has 1 aliphatic heterocycles. The predicted molar refractivity (Wildman–Crippen MR) is 145 cm³/mol. The molecule has 0 aliphatic carbocycles. The van der Waals surface area contributed by atoms with Gasteiger partial charge in [-0.1, -0.05) is 41.0 Å². The third-order valence-corrected chi connectivity index (χ3v) is 6.61. The van der Waals surface area contributed by atoms with Crippen molar-refractivity contribution in [3.05, 3.63) is 99.5 Å². The third kappa shape index (κ3) is 5.42. The number of nitrogens with zero attached hydrogens (tertiary/aromatic N) is 4. The van der Waals surface area contributed by atoms with Crippen LogP contribution in [-0.2, 0) is 11.4 Å². The fourth-order valence-corrected chi connectivity index (χ4v) is 4.66. The maximum atomic E-state index is 14.3. The second-order valence-corrected chi connectivity index (χ2v) is 9.37. The average Bonchev–Trinajstić information content (AvgIpc) is 3.36. The normalized spacial score (nSPS) is 14.4. The molecule has 3 aromatic carbocycles. The highest BCUT2D eigenvalue weighted by atomic mass is 35.5. The fraction of sp³-hybridized carbons (Fsp3) is 0.214. The minimum atomic E-state index is -0.657. The molecule has 1 atom stereocenters. The number of hydrogen-bond acceptors (Lipinski definition) is 7. The topological polar surface area (TPSA) is 103 Å². The molecule has 200 valence electrons. The van der Waals surface area contributed by atoms with Crippen molar-refractivity contribution in [1.29, 1.82) is 0 Å². The van der Waals surface area contributed by atoms with Crippen LogP contribution in [0, 0.1) is 12.7 Å². The molecule has 0 radical (unpaired) electrons. The standard InChI is InChI=1S/C28H26ClFN6O3/c1-4-38-24-14-18(11-12-23(24)39-15-20-21(29)9-6-10-22(20)30)26-25(17(3)31-28-33-34-35-36(26)28)27(37)32-19-8-5-7-16(2)13-19/h5-14,26H,4,15H2,1-3H3,(H,32,37)(H,31,33,35). The molecule has 0 saturated carbocycles. The van der Waals surface area contributed by atoms with Crippen LogP contribution in [0.5, 0.6) is 11.5 Å². The van der Waals surface area contributed by atoms with Crippen LogP contribution in [0.15, 0.2) is 71.9 Å². The maximum Gasteiger partial charge on any atom is 0.255 e. The van der Waals surface area contributed by atoms with E-state index >= 15 is 0 Å². The number of aromatic nitrogens is 4. The number of fused-ring (bicyclic) bond motifs is 1. The Morgan fingerprint density at radius 3 is 2.69 bits per heavy atom. The number of ether oxygens (including phenoxy) is 2. The lowest BCUT2D eigenvalue weighted by molar-refractivity contribution is -0.113. The number of amides is 1. The highest BCUT2D eigenvalue weighted by Crippen LogP contribution is 2.39. The number of halogens is 2. The monoisotopic (exact) mass is 548 g/mol. The van der Waals surface area contributed by atoms with E-state index in [0.29, 0.717) is 46.6 Å². The summed E-state index contributed by atoms with van der Waals surface area (Å²) >= 11 is 6.16. The van der Waals surface area contributed by atoms with Gasteiger partial charge in [-0.25, -0.2) is 4.39 Å². The second-order valence-electron chi connectivity index (χ2n) is 8.96. The van der Waals surface area contributed by atoms with Gasteiger partial charge in [-0.2, -0.15) is 4.68 Å². The summed E-state index contributed by atoms with van der Waals surface area (Å²) in [6.45, 7) is 5.88. The molecule has 5 rings (SSSR count). The molecule has 1 aliphatic rings. The molecule has 1 aromatic heterocycles. The maximum absolute atomic E-state index is 14.3. The van der Waals surface area contributed by atoms with Crippen LogP contribution in [0.4, 0.5) is 16.0 Å². The number of carbonyl (C=O) groups is 1. The average molecular weight is 549 g/mol. The largest absolute Gasteiger partial charge is 0.490 e. The Bertz CT molecular complexity index is 1550. The molecule has 0 spiro atoms. The van der Waals surface area contributed by atoms with Gasteiger partial charge < -0.3 is 20.1 Å². The summed E-state index contributed by atoms with van der Waals surface area (Å²) in [5, 5.41) is 18.4. The minimum Gasteiger partial charge on any atom is -0.490 e. The molecule has 4 aromatic rings. The van der Waals surface area contributed by atoms with E-state index < -0.39 is 11.9 Å². The zero-order valence-corrected chi connectivity index (χ0v) is 22.3. The van der Waals surface area contributed by atoms with Crippen molar-refractivity contribution >= 4 is 29.1 Å². The Hall–Kier alpha value is -4.44. The van der Waals surface area contributed by atoms with Crippen LogP contribution in [0.2, 0.25) is 5.02 Å². The van der Waals surface area contributed by atoms with Crippen molar-refractivity contribution in [2.24, 2.45) is 0 Å². The second kappa shape index (κ2) is 11.1. The summed E-state index contributed by atoms with van der Waals surface area (Å²) in [7, 11) is 0. The van der Waals surface area contributed by atoms with Gasteiger partial charge in [0.1, 0.15) is 18.5 Å². The van der Waals surface area contributed by atoms with Gasteiger partial charge in [0.05, 0.1) is 17.2 Å². The Morgan fingerprint density at radius 2 is 1.92 bits per heavy atom. The highest BCUT2D eigenvalue weighted by Gasteiger charge is 2.34. The van der Waals surface area contributed by atoms with Gasteiger partial charge in [0.15, 0.2) is 11.5 Å². The molecule has 0 fully saturated rings. The first kappa shape index (κ1) is 26.2. The number of aryl methyl sites for hydroxylation is 1. The summed E-state index contributed by atoms with van der Waals surface area (Å²) in [6.07, 6.45) is 0. The third-order valence-electron chi connectivity index (χ3n) is 6.25. The van der Waals surface area contributed by atoms with Gasteiger partial charge in [0, 0.05) is 16.9 Å². The molecule has 1 unspecified atom stereocenters. The number of nitrogens with one attached hydrogen (secondary N) is 2. The molecular formula is C28H26ClFN6O3. The lowest BCUT2D eigenvalue weighted by Crippen LogP contribution is -2.31. The van der Waals surface area contributed by atoms with Crippen LogP contribution in [0.3, 0.4) is 0 Å². The molecule has 39 heavy (non-hydrogen) atoms. The molecule has 11 heteroatoms. The molecular weight excluding hydrogens is 523 g/mol. The van der Waals surface area contributed by atoms with Gasteiger partial charge in [-0.3, -0.25) is 4.79 Å². The molecule has 2 N–H and O–H groups in total. The van der Waals surface area contributed by atoms with Crippen molar-refractivity contribution < 1.29 is 18.7 Å². The zero-order chi connectivity index (χ0) is 27.5. The molecule has 9 nitrogen and oxygen atoms in total. The molecule has 0 saturated heterocycles. The summed E-state index contributed by atoms with van der Waals surface area (Å²) < 4.78 is 27.6. The van der Waals surface area contributed by atoms with E-state index in [4.69, 9.17) is 21.1 Å². The SMILES string of the molecule is CCOc1cc(C2C(C(=O)Nc3cccc(C)c3)=C(C)Nc3nnnn32)ccc1OCc1c(F)cccc1Cl. The van der Waals surface area contributed by atoms with Crippen molar-refractivity contribution in [2.75, 3.05) is 17.2 Å². The van der Waals surface area contributed by atoms with Crippen molar-refractivity contribution in [2.45, 2.75) is 33.4 Å². The number of carbonyl (C=O) groups excluding carboxylic acids is 1. The van der Waals surface area contributed by atoms with Gasteiger partial charge in [0.2, 0.25) is 5.95 Å². The Morgan fingerprint density at radius 1 is 1.10 bits per heavy atom. The highest BCUT2D eigenvalue weighted by molar-refractivity contribution is 6.31. The van der Waals surface area contributed by atoms with Crippen molar-refractivity contribution in [1.82, 2.24) is 20.2 Å². The summed E-state index contributed by atoms with van der Waals surface area (Å²) in [5.41, 5.74) is 3.68. The van der Waals surface area contributed by atoms with E-state index in [1.165, 1.54) is 12.1 Å². The number of tetrazole rings is 1. The number of hydrogen-bond donors (Lipinski definition) is 2. The fourth-order valence-electron chi connectivity index (χ4n) is 4.44.